The molecule has 0 bridgehead atoms. The Labute approximate surface area is 115 Å². The second-order valence-electron chi connectivity index (χ2n) is 6.51. The minimum absolute atomic E-state index is 0.247. The van der Waals surface area contributed by atoms with Gasteiger partial charge in [0.25, 0.3) is 0 Å². The van der Waals surface area contributed by atoms with Crippen molar-refractivity contribution in [2.45, 2.75) is 76.1 Å². The second-order valence-corrected chi connectivity index (χ2v) is 6.51. The number of fused-ring (bicyclic) bond motifs is 1. The summed E-state index contributed by atoms with van der Waals surface area (Å²) in [6.45, 7) is 2.89. The van der Waals surface area contributed by atoms with E-state index in [0.29, 0.717) is 18.0 Å². The van der Waals surface area contributed by atoms with Crippen molar-refractivity contribution >= 4 is 5.97 Å². The summed E-state index contributed by atoms with van der Waals surface area (Å²) in [7, 11) is 0. The van der Waals surface area contributed by atoms with Gasteiger partial charge in [0, 0.05) is 18.7 Å². The average molecular weight is 267 g/mol. The predicted molar refractivity (Wildman–Crippen MR) is 72.1 cm³/mol. The lowest BCUT2D eigenvalue weighted by atomic mass is 9.84. The molecule has 0 aromatic rings. The molecule has 0 spiro atoms. The highest BCUT2D eigenvalue weighted by atomic mass is 16.5. The molecule has 108 valence electrons. The molecule has 2 saturated heterocycles. The van der Waals surface area contributed by atoms with Crippen LogP contribution in [-0.2, 0) is 9.53 Å². The van der Waals surface area contributed by atoms with E-state index in [9.17, 15) is 9.90 Å². The van der Waals surface area contributed by atoms with Gasteiger partial charge in [-0.2, -0.15) is 0 Å². The third-order valence-electron chi connectivity index (χ3n) is 5.30. The van der Waals surface area contributed by atoms with Crippen molar-refractivity contribution in [2.24, 2.45) is 5.92 Å². The number of carboxylic acid groups (broad SMARTS) is 1. The summed E-state index contributed by atoms with van der Waals surface area (Å²) in [5, 5.41) is 9.55. The highest BCUT2D eigenvalue weighted by molar-refractivity contribution is 5.74. The fourth-order valence-electron chi connectivity index (χ4n) is 4.49. The molecule has 1 aliphatic carbocycles. The van der Waals surface area contributed by atoms with Crippen LogP contribution in [0.4, 0.5) is 0 Å². The van der Waals surface area contributed by atoms with Gasteiger partial charge in [0.2, 0.25) is 0 Å². The molecule has 0 amide bonds. The maximum Gasteiger partial charge on any atom is 0.320 e. The molecule has 3 fully saturated rings. The molecule has 0 aromatic heterocycles. The molecule has 3 rings (SSSR count). The average Bonchev–Trinajstić information content (AvgIpc) is 2.78. The van der Waals surface area contributed by atoms with Gasteiger partial charge in [0.05, 0.1) is 6.10 Å². The highest BCUT2D eigenvalue weighted by Gasteiger charge is 2.48. The molecule has 3 aliphatic rings. The zero-order valence-corrected chi connectivity index (χ0v) is 11.8. The van der Waals surface area contributed by atoms with Gasteiger partial charge in [-0.15, -0.1) is 0 Å². The maximum absolute atomic E-state index is 11.6. The number of rotatable bonds is 2. The first-order chi connectivity index (χ1) is 9.16. The molecule has 19 heavy (non-hydrogen) atoms. The first kappa shape index (κ1) is 13.4. The first-order valence-electron chi connectivity index (χ1n) is 7.78. The Balaban J connectivity index is 1.79. The fraction of sp³-hybridized carbons (Fsp3) is 0.933. The summed E-state index contributed by atoms with van der Waals surface area (Å²) < 4.78 is 5.63. The van der Waals surface area contributed by atoms with Crippen molar-refractivity contribution < 1.29 is 14.6 Å². The van der Waals surface area contributed by atoms with Crippen LogP contribution in [0.5, 0.6) is 0 Å². The lowest BCUT2D eigenvalue weighted by molar-refractivity contribution is -0.145. The third kappa shape index (κ3) is 2.52. The minimum atomic E-state index is -0.617. The van der Waals surface area contributed by atoms with E-state index in [4.69, 9.17) is 4.74 Å². The number of hydrogen-bond donors (Lipinski definition) is 1. The second kappa shape index (κ2) is 5.41. The molecule has 0 aromatic carbocycles. The van der Waals surface area contributed by atoms with E-state index in [2.05, 4.69) is 11.8 Å². The Morgan fingerprint density at radius 2 is 2.00 bits per heavy atom. The van der Waals surface area contributed by atoms with Gasteiger partial charge in [-0.3, -0.25) is 9.69 Å². The van der Waals surface area contributed by atoms with Gasteiger partial charge in [0.15, 0.2) is 0 Å². The van der Waals surface area contributed by atoms with Crippen molar-refractivity contribution in [3.63, 3.8) is 0 Å². The van der Waals surface area contributed by atoms with Gasteiger partial charge in [0.1, 0.15) is 6.04 Å². The number of likely N-dealkylation sites (tertiary alicyclic amines) is 1. The summed E-state index contributed by atoms with van der Waals surface area (Å²) in [5.74, 6) is 0.00143. The van der Waals surface area contributed by atoms with Crippen molar-refractivity contribution in [1.82, 2.24) is 4.90 Å². The molecule has 4 heteroatoms. The van der Waals surface area contributed by atoms with Gasteiger partial charge in [-0.1, -0.05) is 12.8 Å². The third-order valence-corrected chi connectivity index (χ3v) is 5.30. The molecular formula is C15H25NO3. The molecule has 2 aliphatic heterocycles. The normalized spacial score (nSPS) is 43.9. The molecule has 2 heterocycles. The van der Waals surface area contributed by atoms with Crippen LogP contribution in [-0.4, -0.2) is 46.8 Å². The Kier molecular flexibility index (Phi) is 3.81. The summed E-state index contributed by atoms with van der Waals surface area (Å²) in [6.07, 6.45) is 8.10. The van der Waals surface area contributed by atoms with Crippen LogP contribution in [0.15, 0.2) is 0 Å². The summed E-state index contributed by atoms with van der Waals surface area (Å²) in [4.78, 5) is 14.0. The molecule has 1 saturated carbocycles. The Bertz CT molecular complexity index is 346. The Morgan fingerprint density at radius 1 is 1.21 bits per heavy atom. The van der Waals surface area contributed by atoms with E-state index in [1.165, 1.54) is 25.7 Å². The number of carboxylic acids is 1. The lowest BCUT2D eigenvalue weighted by Crippen LogP contribution is -2.51. The minimum Gasteiger partial charge on any atom is -0.480 e. The smallest absolute Gasteiger partial charge is 0.320 e. The van der Waals surface area contributed by atoms with E-state index in [1.54, 1.807) is 0 Å². The molecule has 4 nitrogen and oxygen atoms in total. The number of hydrogen-bond acceptors (Lipinski definition) is 3. The summed E-state index contributed by atoms with van der Waals surface area (Å²) in [6, 6.07) is 0.687. The number of aliphatic carboxylic acids is 1. The van der Waals surface area contributed by atoms with Crippen molar-refractivity contribution in [3.05, 3.63) is 0 Å². The molecule has 5 atom stereocenters. The van der Waals surface area contributed by atoms with Crippen molar-refractivity contribution in [2.75, 3.05) is 6.61 Å². The van der Waals surface area contributed by atoms with Crippen LogP contribution in [0.2, 0.25) is 0 Å². The van der Waals surface area contributed by atoms with Crippen LogP contribution >= 0.6 is 0 Å². The van der Waals surface area contributed by atoms with E-state index in [-0.39, 0.29) is 12.1 Å². The molecule has 1 N–H and O–H groups in total. The zero-order chi connectivity index (χ0) is 13.4. The standard InChI is InChI=1S/C15H25NO3/c1-10-8-12(6-7-19-10)16-13-5-3-2-4-11(13)9-14(16)15(17)18/h10-14H,2-9H2,1H3,(H,17,18). The molecule has 5 unspecified atom stereocenters. The Hall–Kier alpha value is -0.610. The van der Waals surface area contributed by atoms with Gasteiger partial charge >= 0.3 is 5.97 Å². The highest BCUT2D eigenvalue weighted by Crippen LogP contribution is 2.42. The monoisotopic (exact) mass is 267 g/mol. The summed E-state index contributed by atoms with van der Waals surface area (Å²) in [5.41, 5.74) is 0. The fourth-order valence-corrected chi connectivity index (χ4v) is 4.49. The van der Waals surface area contributed by atoms with Crippen molar-refractivity contribution in [3.8, 4) is 0 Å². The number of ether oxygens (including phenoxy) is 1. The van der Waals surface area contributed by atoms with Gasteiger partial charge in [-0.25, -0.2) is 0 Å². The maximum atomic E-state index is 11.6. The quantitative estimate of drug-likeness (QED) is 0.834. The Morgan fingerprint density at radius 3 is 2.74 bits per heavy atom. The first-order valence-corrected chi connectivity index (χ1v) is 7.78. The number of nitrogens with zero attached hydrogens (tertiary/aromatic N) is 1. The number of carbonyl (C=O) groups is 1. The largest absolute Gasteiger partial charge is 0.480 e. The predicted octanol–water partition coefficient (Wildman–Crippen LogP) is 2.27. The zero-order valence-electron chi connectivity index (χ0n) is 11.8. The van der Waals surface area contributed by atoms with Crippen LogP contribution in [0.25, 0.3) is 0 Å². The van der Waals surface area contributed by atoms with Crippen molar-refractivity contribution in [1.29, 1.82) is 0 Å². The van der Waals surface area contributed by atoms with E-state index in [0.717, 1.165) is 25.9 Å². The molecular weight excluding hydrogens is 242 g/mol. The summed E-state index contributed by atoms with van der Waals surface area (Å²) >= 11 is 0. The van der Waals surface area contributed by atoms with Crippen LogP contribution in [0, 0.1) is 5.92 Å². The van der Waals surface area contributed by atoms with Gasteiger partial charge in [-0.05, 0) is 44.9 Å². The topological polar surface area (TPSA) is 49.8 Å². The van der Waals surface area contributed by atoms with E-state index in [1.807, 2.05) is 0 Å². The molecule has 0 radical (unpaired) electrons. The van der Waals surface area contributed by atoms with Crippen LogP contribution in [0.3, 0.4) is 0 Å². The van der Waals surface area contributed by atoms with E-state index < -0.39 is 5.97 Å². The SMILES string of the molecule is CC1CC(N2C(C(=O)O)CC3CCCCC32)CCO1. The van der Waals surface area contributed by atoms with Crippen LogP contribution < -0.4 is 0 Å². The van der Waals surface area contributed by atoms with Gasteiger partial charge < -0.3 is 9.84 Å². The van der Waals surface area contributed by atoms with E-state index >= 15 is 0 Å². The van der Waals surface area contributed by atoms with Crippen LogP contribution in [0.1, 0.15) is 51.9 Å². The lowest BCUT2D eigenvalue weighted by Gasteiger charge is -2.41.